The Balaban J connectivity index is 1.54. The first-order chi connectivity index (χ1) is 14.5. The molecule has 8 heteroatoms. The smallest absolute Gasteiger partial charge is 0.235 e. The van der Waals surface area contributed by atoms with E-state index in [4.69, 9.17) is 9.47 Å². The number of hydrogen-bond acceptors (Lipinski definition) is 6. The number of nitro groups is 2. The van der Waals surface area contributed by atoms with Gasteiger partial charge in [0.25, 0.3) is 0 Å². The van der Waals surface area contributed by atoms with E-state index in [1.54, 1.807) is 48.5 Å². The van der Waals surface area contributed by atoms with Crippen LogP contribution in [0, 0.1) is 20.2 Å². The number of hydrogen-bond donors (Lipinski definition) is 0. The largest absolute Gasteiger partial charge is 0.494 e. The molecular weight excluding hydrogens is 388 g/mol. The molecule has 0 aromatic heterocycles. The second kappa shape index (κ2) is 12.7. The Bertz CT molecular complexity index is 787. The summed E-state index contributed by atoms with van der Waals surface area (Å²) in [6.45, 7) is 1.23. The van der Waals surface area contributed by atoms with Crippen LogP contribution in [0.1, 0.15) is 36.8 Å². The Hall–Kier alpha value is -3.68. The van der Waals surface area contributed by atoms with Crippen molar-refractivity contribution in [2.45, 2.75) is 25.7 Å². The minimum Gasteiger partial charge on any atom is -0.494 e. The highest BCUT2D eigenvalue weighted by molar-refractivity contribution is 5.50. The standard InChI is InChI=1S/C22H24N2O6/c25-23(26)15-13-19-5-9-21(10-6-19)29-17-3-1-2-4-18-30-22-11-7-20(8-12-22)14-16-24(27)28/h5-16H,1-4,17-18H2/b15-13+,16-14+. The average Bonchev–Trinajstić information content (AvgIpc) is 2.74. The molecule has 0 heterocycles. The van der Waals surface area contributed by atoms with Crippen LogP contribution in [-0.4, -0.2) is 23.1 Å². The predicted molar refractivity (Wildman–Crippen MR) is 114 cm³/mol. The van der Waals surface area contributed by atoms with E-state index in [-0.39, 0.29) is 0 Å². The summed E-state index contributed by atoms with van der Waals surface area (Å²) in [6.07, 6.45) is 8.61. The zero-order valence-corrected chi connectivity index (χ0v) is 16.5. The molecule has 0 N–H and O–H groups in total. The Morgan fingerprint density at radius 2 is 1.00 bits per heavy atom. The van der Waals surface area contributed by atoms with Crippen molar-refractivity contribution in [1.29, 1.82) is 0 Å². The maximum absolute atomic E-state index is 10.3. The van der Waals surface area contributed by atoms with E-state index in [9.17, 15) is 20.2 Å². The van der Waals surface area contributed by atoms with Gasteiger partial charge >= 0.3 is 0 Å². The zero-order chi connectivity index (χ0) is 21.6. The Morgan fingerprint density at radius 3 is 1.33 bits per heavy atom. The summed E-state index contributed by atoms with van der Waals surface area (Å²) in [4.78, 5) is 19.6. The molecule has 0 atom stereocenters. The van der Waals surface area contributed by atoms with Gasteiger partial charge in [-0.1, -0.05) is 24.3 Å². The average molecular weight is 412 g/mol. The van der Waals surface area contributed by atoms with Crippen LogP contribution >= 0.6 is 0 Å². The molecule has 0 aliphatic rings. The van der Waals surface area contributed by atoms with Gasteiger partial charge in [-0.15, -0.1) is 0 Å². The maximum atomic E-state index is 10.3. The zero-order valence-electron chi connectivity index (χ0n) is 16.5. The van der Waals surface area contributed by atoms with Crippen molar-refractivity contribution in [2.24, 2.45) is 0 Å². The number of rotatable bonds is 13. The second-order valence-electron chi connectivity index (χ2n) is 6.45. The summed E-state index contributed by atoms with van der Waals surface area (Å²) >= 11 is 0. The van der Waals surface area contributed by atoms with Crippen LogP contribution in [-0.2, 0) is 0 Å². The van der Waals surface area contributed by atoms with Crippen molar-refractivity contribution in [1.82, 2.24) is 0 Å². The lowest BCUT2D eigenvalue weighted by atomic mass is 10.2. The first kappa shape index (κ1) is 22.6. The summed E-state index contributed by atoms with van der Waals surface area (Å²) in [5.74, 6) is 1.49. The fraction of sp³-hybridized carbons (Fsp3) is 0.273. The molecule has 2 rings (SSSR count). The van der Waals surface area contributed by atoms with E-state index in [1.807, 2.05) is 0 Å². The van der Waals surface area contributed by atoms with Gasteiger partial charge in [-0.25, -0.2) is 0 Å². The third kappa shape index (κ3) is 9.50. The third-order valence-corrected chi connectivity index (χ3v) is 4.11. The fourth-order valence-corrected chi connectivity index (χ4v) is 2.58. The van der Waals surface area contributed by atoms with Gasteiger partial charge in [0.15, 0.2) is 0 Å². The molecule has 0 fully saturated rings. The van der Waals surface area contributed by atoms with Crippen LogP contribution < -0.4 is 9.47 Å². The topological polar surface area (TPSA) is 105 Å². The minimum atomic E-state index is -0.495. The van der Waals surface area contributed by atoms with Gasteiger partial charge in [0.05, 0.1) is 23.1 Å². The molecule has 0 unspecified atom stereocenters. The molecule has 2 aromatic rings. The molecule has 0 bridgehead atoms. The summed E-state index contributed by atoms with van der Waals surface area (Å²) in [7, 11) is 0. The van der Waals surface area contributed by atoms with E-state index in [0.717, 1.165) is 60.7 Å². The summed E-state index contributed by atoms with van der Waals surface area (Å²) in [5, 5.41) is 20.6. The van der Waals surface area contributed by atoms with E-state index in [2.05, 4.69) is 0 Å². The number of benzene rings is 2. The molecule has 0 amide bonds. The normalized spacial score (nSPS) is 11.1. The Kier molecular flexibility index (Phi) is 9.58. The van der Waals surface area contributed by atoms with Crippen LogP contribution in [0.5, 0.6) is 11.5 Å². The van der Waals surface area contributed by atoms with Crippen molar-refractivity contribution in [3.05, 3.63) is 92.3 Å². The van der Waals surface area contributed by atoms with Crippen molar-refractivity contribution >= 4 is 12.2 Å². The van der Waals surface area contributed by atoms with Crippen molar-refractivity contribution in [3.63, 3.8) is 0 Å². The van der Waals surface area contributed by atoms with Crippen LogP contribution in [0.25, 0.3) is 12.2 Å². The Morgan fingerprint density at radius 1 is 0.633 bits per heavy atom. The first-order valence-corrected chi connectivity index (χ1v) is 9.62. The minimum absolute atomic E-state index is 0.495. The maximum Gasteiger partial charge on any atom is 0.235 e. The SMILES string of the molecule is O=[N+]([O-])/C=C/c1ccc(OCCCCCCOc2ccc(/C=C/[N+](=O)[O-])cc2)cc1. The molecule has 0 aliphatic heterocycles. The van der Waals surface area contributed by atoms with Crippen molar-refractivity contribution in [3.8, 4) is 11.5 Å². The van der Waals surface area contributed by atoms with Crippen LogP contribution in [0.15, 0.2) is 60.9 Å². The van der Waals surface area contributed by atoms with Gasteiger partial charge in [-0.3, -0.25) is 20.2 Å². The van der Waals surface area contributed by atoms with E-state index in [1.165, 1.54) is 12.2 Å². The van der Waals surface area contributed by atoms with Gasteiger partial charge in [0.1, 0.15) is 11.5 Å². The van der Waals surface area contributed by atoms with Crippen molar-refractivity contribution < 1.29 is 19.3 Å². The highest BCUT2D eigenvalue weighted by Gasteiger charge is 1.98. The molecule has 0 saturated carbocycles. The third-order valence-electron chi connectivity index (χ3n) is 4.11. The lowest BCUT2D eigenvalue weighted by Gasteiger charge is -2.08. The van der Waals surface area contributed by atoms with E-state index in [0.29, 0.717) is 13.2 Å². The predicted octanol–water partition coefficient (Wildman–Crippen LogP) is 5.20. The summed E-state index contributed by atoms with van der Waals surface area (Å²) < 4.78 is 11.3. The molecule has 8 nitrogen and oxygen atoms in total. The number of unbranched alkanes of at least 4 members (excludes halogenated alkanes) is 3. The van der Waals surface area contributed by atoms with Gasteiger partial charge in [0.2, 0.25) is 12.4 Å². The van der Waals surface area contributed by atoms with Gasteiger partial charge < -0.3 is 9.47 Å². The van der Waals surface area contributed by atoms with E-state index < -0.39 is 9.85 Å². The number of ether oxygens (including phenoxy) is 2. The second-order valence-corrected chi connectivity index (χ2v) is 6.45. The fourth-order valence-electron chi connectivity index (χ4n) is 2.58. The quantitative estimate of drug-likeness (QED) is 0.254. The highest BCUT2D eigenvalue weighted by atomic mass is 16.6. The number of nitrogens with zero attached hydrogens (tertiary/aromatic N) is 2. The summed E-state index contributed by atoms with van der Waals surface area (Å²) in [5.41, 5.74) is 1.50. The Labute approximate surface area is 174 Å². The highest BCUT2D eigenvalue weighted by Crippen LogP contribution is 2.15. The lowest BCUT2D eigenvalue weighted by molar-refractivity contribution is -0.401. The molecule has 0 radical (unpaired) electrons. The van der Waals surface area contributed by atoms with Crippen molar-refractivity contribution in [2.75, 3.05) is 13.2 Å². The molecule has 2 aromatic carbocycles. The summed E-state index contributed by atoms with van der Waals surface area (Å²) in [6, 6.07) is 14.3. The van der Waals surface area contributed by atoms with Crippen LogP contribution in [0.3, 0.4) is 0 Å². The molecule has 0 saturated heterocycles. The lowest BCUT2D eigenvalue weighted by Crippen LogP contribution is -2.00. The monoisotopic (exact) mass is 412 g/mol. The van der Waals surface area contributed by atoms with Gasteiger partial charge in [0, 0.05) is 12.2 Å². The molecular formula is C22H24N2O6. The molecule has 30 heavy (non-hydrogen) atoms. The van der Waals surface area contributed by atoms with Gasteiger partial charge in [-0.2, -0.15) is 0 Å². The van der Waals surface area contributed by atoms with Crippen LogP contribution in [0.4, 0.5) is 0 Å². The molecule has 0 aliphatic carbocycles. The van der Waals surface area contributed by atoms with Crippen LogP contribution in [0.2, 0.25) is 0 Å². The van der Waals surface area contributed by atoms with E-state index >= 15 is 0 Å². The molecule has 158 valence electrons. The van der Waals surface area contributed by atoms with Gasteiger partial charge in [-0.05, 0) is 61.1 Å². The first-order valence-electron chi connectivity index (χ1n) is 9.62. The molecule has 0 spiro atoms.